The molecular weight excluding hydrogens is 435 g/mol. The first-order valence-electron chi connectivity index (χ1n) is 11.7. The molecule has 2 N–H and O–H groups in total. The van der Waals surface area contributed by atoms with Gasteiger partial charge in [0.2, 0.25) is 5.91 Å². The van der Waals surface area contributed by atoms with Gasteiger partial charge in [-0.2, -0.15) is 0 Å². The molecule has 1 amide bonds. The molecule has 2 atom stereocenters. The number of hydrogen-bond acceptors (Lipinski definition) is 6. The Kier molecular flexibility index (Phi) is 6.24. The summed E-state index contributed by atoms with van der Waals surface area (Å²) in [6.07, 6.45) is 0.958. The molecule has 0 spiro atoms. The molecule has 0 aliphatic carbocycles. The van der Waals surface area contributed by atoms with E-state index in [4.69, 9.17) is 14.5 Å². The molecule has 2 fully saturated rings. The molecule has 2 aliphatic heterocycles. The lowest BCUT2D eigenvalue weighted by atomic mass is 9.89. The third kappa shape index (κ3) is 4.25. The second kappa shape index (κ2) is 9.46. The van der Waals surface area contributed by atoms with Crippen LogP contribution in [0.4, 0.5) is 10.1 Å². The second-order valence-corrected chi connectivity index (χ2v) is 8.86. The Balaban J connectivity index is 1.54. The highest BCUT2D eigenvalue weighted by Crippen LogP contribution is 2.39. The van der Waals surface area contributed by atoms with Crippen LogP contribution in [0.1, 0.15) is 6.42 Å². The number of aromatic nitrogens is 1. The third-order valence-corrected chi connectivity index (χ3v) is 6.76. The largest absolute Gasteiger partial charge is 0.494 e. The molecule has 0 saturated carbocycles. The Hall–Kier alpha value is -3.39. The normalized spacial score (nSPS) is 19.7. The summed E-state index contributed by atoms with van der Waals surface area (Å²) in [6.45, 7) is 3.45. The van der Waals surface area contributed by atoms with Crippen LogP contribution in [0.15, 0.2) is 42.5 Å². The number of rotatable bonds is 7. The lowest BCUT2D eigenvalue weighted by molar-refractivity contribution is -0.127. The molecule has 8 heteroatoms. The van der Waals surface area contributed by atoms with Crippen molar-refractivity contribution in [1.82, 2.24) is 15.6 Å². The quantitative estimate of drug-likeness (QED) is 0.523. The first-order chi connectivity index (χ1) is 16.6. The zero-order chi connectivity index (χ0) is 23.7. The van der Waals surface area contributed by atoms with Crippen LogP contribution in [0.3, 0.4) is 0 Å². The van der Waals surface area contributed by atoms with Gasteiger partial charge in [0.05, 0.1) is 24.2 Å². The molecule has 178 valence electrons. The number of nitrogens with zero attached hydrogens (tertiary/aromatic N) is 2. The van der Waals surface area contributed by atoms with Crippen molar-refractivity contribution in [3.63, 3.8) is 0 Å². The molecule has 34 heavy (non-hydrogen) atoms. The monoisotopic (exact) mass is 464 g/mol. The molecule has 2 aliphatic rings. The van der Waals surface area contributed by atoms with Crippen molar-refractivity contribution in [3.05, 3.63) is 48.3 Å². The van der Waals surface area contributed by atoms with Gasteiger partial charge in [0.1, 0.15) is 12.4 Å². The number of methoxy groups -OCH3 is 1. The minimum atomic E-state index is -0.428. The number of anilines is 1. The van der Waals surface area contributed by atoms with E-state index < -0.39 is 5.82 Å². The van der Waals surface area contributed by atoms with E-state index in [-0.39, 0.29) is 17.6 Å². The number of fused-ring (bicyclic) bond motifs is 2. The molecule has 1 aromatic heterocycles. The van der Waals surface area contributed by atoms with Crippen molar-refractivity contribution < 1.29 is 18.7 Å². The molecule has 2 saturated heterocycles. The number of carbonyl (C=O) groups is 1. The number of ether oxygens (including phenoxy) is 2. The van der Waals surface area contributed by atoms with Gasteiger partial charge < -0.3 is 25.0 Å². The minimum Gasteiger partial charge on any atom is -0.494 e. The van der Waals surface area contributed by atoms with Gasteiger partial charge >= 0.3 is 0 Å². The van der Waals surface area contributed by atoms with Crippen molar-refractivity contribution in [1.29, 1.82) is 0 Å². The number of hydrogen-bond donors (Lipinski definition) is 2. The van der Waals surface area contributed by atoms with E-state index in [9.17, 15) is 9.18 Å². The fraction of sp³-hybridized carbons (Fsp3) is 0.385. The minimum absolute atomic E-state index is 0.0439. The maximum absolute atomic E-state index is 14.7. The lowest BCUT2D eigenvalue weighted by Gasteiger charge is -2.23. The topological polar surface area (TPSA) is 75.7 Å². The second-order valence-electron chi connectivity index (χ2n) is 8.86. The van der Waals surface area contributed by atoms with E-state index in [0.29, 0.717) is 36.5 Å². The predicted molar refractivity (Wildman–Crippen MR) is 130 cm³/mol. The summed E-state index contributed by atoms with van der Waals surface area (Å²) >= 11 is 0. The lowest BCUT2D eigenvalue weighted by Crippen LogP contribution is -2.41. The Labute approximate surface area is 198 Å². The fourth-order valence-electron chi connectivity index (χ4n) is 4.94. The van der Waals surface area contributed by atoms with Crippen molar-refractivity contribution in [2.75, 3.05) is 51.8 Å². The van der Waals surface area contributed by atoms with Gasteiger partial charge in [-0.05, 0) is 55.8 Å². The summed E-state index contributed by atoms with van der Waals surface area (Å²) in [7, 11) is 3.34. The highest BCUT2D eigenvalue weighted by atomic mass is 19.1. The fourth-order valence-corrected chi connectivity index (χ4v) is 4.94. The zero-order valence-electron chi connectivity index (χ0n) is 19.4. The summed E-state index contributed by atoms with van der Waals surface area (Å²) in [5.74, 6) is 0.890. The van der Waals surface area contributed by atoms with Crippen LogP contribution in [0.2, 0.25) is 0 Å². The Morgan fingerprint density at radius 3 is 2.76 bits per heavy atom. The Morgan fingerprint density at radius 1 is 1.21 bits per heavy atom. The van der Waals surface area contributed by atoms with E-state index in [0.717, 1.165) is 42.2 Å². The molecule has 2 aromatic carbocycles. The van der Waals surface area contributed by atoms with E-state index >= 15 is 0 Å². The van der Waals surface area contributed by atoms with E-state index in [1.54, 1.807) is 6.07 Å². The Morgan fingerprint density at radius 2 is 2.03 bits per heavy atom. The standard InChI is InChI=1S/C26H29FN4O3/c1-28-9-10-34-18-5-3-16(4-6-18)22-12-24(19-11-21(27)25(33-2)13-23(19)30-22)31-14-17-7-8-29-26(32)20(17)15-31/h3-6,11-13,17,20,28H,7-10,14-15H2,1-2H3,(H,29,32). The van der Waals surface area contributed by atoms with Crippen LogP contribution in [-0.4, -0.2) is 57.8 Å². The number of halogens is 1. The number of pyridine rings is 1. The maximum Gasteiger partial charge on any atom is 0.225 e. The van der Waals surface area contributed by atoms with Crippen molar-refractivity contribution in [3.8, 4) is 22.8 Å². The molecule has 0 radical (unpaired) electrons. The van der Waals surface area contributed by atoms with Crippen molar-refractivity contribution in [2.45, 2.75) is 6.42 Å². The van der Waals surface area contributed by atoms with Crippen LogP contribution < -0.4 is 25.0 Å². The van der Waals surface area contributed by atoms with Crippen LogP contribution in [-0.2, 0) is 4.79 Å². The molecule has 7 nitrogen and oxygen atoms in total. The number of likely N-dealkylation sites (N-methyl/N-ethyl adjacent to an activating group) is 1. The average Bonchev–Trinajstić information content (AvgIpc) is 3.29. The number of amides is 1. The van der Waals surface area contributed by atoms with Crippen LogP contribution in [0, 0.1) is 17.7 Å². The number of benzene rings is 2. The smallest absolute Gasteiger partial charge is 0.225 e. The highest BCUT2D eigenvalue weighted by Gasteiger charge is 2.40. The van der Waals surface area contributed by atoms with Gasteiger partial charge in [-0.1, -0.05) is 0 Å². The van der Waals surface area contributed by atoms with Crippen LogP contribution in [0.5, 0.6) is 11.5 Å². The van der Waals surface area contributed by atoms with Gasteiger partial charge in [-0.25, -0.2) is 9.37 Å². The molecule has 3 aromatic rings. The van der Waals surface area contributed by atoms with Gasteiger partial charge in [0.25, 0.3) is 0 Å². The predicted octanol–water partition coefficient (Wildman–Crippen LogP) is 3.22. The summed E-state index contributed by atoms with van der Waals surface area (Å²) in [4.78, 5) is 19.5. The van der Waals surface area contributed by atoms with E-state index in [2.05, 4.69) is 15.5 Å². The first-order valence-corrected chi connectivity index (χ1v) is 11.7. The van der Waals surface area contributed by atoms with Gasteiger partial charge in [0.15, 0.2) is 11.6 Å². The Bertz CT molecular complexity index is 1200. The zero-order valence-corrected chi connectivity index (χ0v) is 19.4. The van der Waals surface area contributed by atoms with E-state index in [1.807, 2.05) is 37.4 Å². The molecular formula is C26H29FN4O3. The molecule has 5 rings (SSSR count). The van der Waals surface area contributed by atoms with Gasteiger partial charge in [-0.3, -0.25) is 4.79 Å². The van der Waals surface area contributed by atoms with E-state index in [1.165, 1.54) is 13.2 Å². The molecule has 3 heterocycles. The average molecular weight is 465 g/mol. The summed E-state index contributed by atoms with van der Waals surface area (Å²) < 4.78 is 25.6. The highest BCUT2D eigenvalue weighted by molar-refractivity contribution is 5.96. The first kappa shape index (κ1) is 22.4. The van der Waals surface area contributed by atoms with Crippen LogP contribution in [0.25, 0.3) is 22.2 Å². The van der Waals surface area contributed by atoms with Crippen molar-refractivity contribution in [2.24, 2.45) is 11.8 Å². The van der Waals surface area contributed by atoms with Gasteiger partial charge in [-0.15, -0.1) is 0 Å². The van der Waals surface area contributed by atoms with Crippen LogP contribution >= 0.6 is 0 Å². The third-order valence-electron chi connectivity index (χ3n) is 6.76. The summed E-state index contributed by atoms with van der Waals surface area (Å²) in [5.41, 5.74) is 3.25. The number of carbonyl (C=O) groups excluding carboxylic acids is 1. The number of nitrogens with one attached hydrogen (secondary N) is 2. The SMILES string of the molecule is CNCCOc1ccc(-c2cc(N3CC4CCNC(=O)C4C3)c3cc(F)c(OC)cc3n2)cc1. The molecule has 0 bridgehead atoms. The summed E-state index contributed by atoms with van der Waals surface area (Å²) in [5, 5.41) is 6.75. The number of piperidine rings is 1. The summed E-state index contributed by atoms with van der Waals surface area (Å²) in [6, 6.07) is 12.9. The molecule has 2 unspecified atom stereocenters. The van der Waals surface area contributed by atoms with Crippen molar-refractivity contribution >= 4 is 22.5 Å². The van der Waals surface area contributed by atoms with Gasteiger partial charge in [0, 0.05) is 48.9 Å². The maximum atomic E-state index is 14.7.